The van der Waals surface area contributed by atoms with Crippen LogP contribution >= 0.6 is 12.2 Å². The van der Waals surface area contributed by atoms with Crippen molar-refractivity contribution in [2.75, 3.05) is 23.3 Å². The van der Waals surface area contributed by atoms with E-state index in [4.69, 9.17) is 22.1 Å². The van der Waals surface area contributed by atoms with Crippen LogP contribution in [0.4, 0.5) is 21.1 Å². The molecule has 9 nitrogen and oxygen atoms in total. The molecule has 1 aromatic rings. The fraction of sp³-hybridized carbons (Fsp3) is 0.500. The molecule has 0 bridgehead atoms. The van der Waals surface area contributed by atoms with Crippen molar-refractivity contribution in [2.45, 2.75) is 38.8 Å². The zero-order chi connectivity index (χ0) is 19.3. The number of alkyl carbamates (subject to hydrolysis) is 1. The number of hydrogen-bond donors (Lipinski definition) is 4. The van der Waals surface area contributed by atoms with Gasteiger partial charge in [-0.2, -0.15) is 0 Å². The Labute approximate surface area is 157 Å². The average molecular weight is 381 g/mol. The van der Waals surface area contributed by atoms with Crippen LogP contribution in [0.1, 0.15) is 27.2 Å². The van der Waals surface area contributed by atoms with E-state index in [9.17, 15) is 9.59 Å². The van der Waals surface area contributed by atoms with Crippen molar-refractivity contribution in [3.05, 3.63) is 18.3 Å². The maximum atomic E-state index is 11.8. The van der Waals surface area contributed by atoms with Gasteiger partial charge in [0.2, 0.25) is 0 Å². The fourth-order valence-corrected chi connectivity index (χ4v) is 2.67. The number of anilines is 2. The monoisotopic (exact) mass is 381 g/mol. The molecule has 1 aliphatic rings. The molecule has 1 unspecified atom stereocenters. The van der Waals surface area contributed by atoms with Gasteiger partial charge in [0.1, 0.15) is 11.4 Å². The molecule has 0 aliphatic carbocycles. The molecule has 2 heterocycles. The lowest BCUT2D eigenvalue weighted by atomic mass is 10.2. The molecule has 1 atom stereocenters. The third-order valence-corrected chi connectivity index (χ3v) is 3.69. The van der Waals surface area contributed by atoms with Crippen molar-refractivity contribution in [2.24, 2.45) is 0 Å². The van der Waals surface area contributed by atoms with Gasteiger partial charge in [0.05, 0.1) is 17.9 Å². The van der Waals surface area contributed by atoms with Gasteiger partial charge in [-0.25, -0.2) is 14.6 Å². The lowest BCUT2D eigenvalue weighted by Gasteiger charge is -2.22. The molecule has 4 N–H and O–H groups in total. The Morgan fingerprint density at radius 2 is 2.12 bits per heavy atom. The van der Waals surface area contributed by atoms with Crippen LogP contribution in [0.2, 0.25) is 0 Å². The van der Waals surface area contributed by atoms with Crippen molar-refractivity contribution >= 4 is 41.0 Å². The smallest absolute Gasteiger partial charge is 0.410 e. The molecule has 0 aromatic carbocycles. The minimum atomic E-state index is -1.24. The predicted molar refractivity (Wildman–Crippen MR) is 102 cm³/mol. The first-order chi connectivity index (χ1) is 12.1. The van der Waals surface area contributed by atoms with Gasteiger partial charge in [0.15, 0.2) is 5.11 Å². The molecule has 2 amide bonds. The minimum absolute atomic E-state index is 0.00926. The summed E-state index contributed by atoms with van der Waals surface area (Å²) in [6, 6.07) is 3.57. The number of ether oxygens (including phenoxy) is 1. The third-order valence-electron chi connectivity index (χ3n) is 3.48. The van der Waals surface area contributed by atoms with Crippen LogP contribution in [0.5, 0.6) is 0 Å². The largest absolute Gasteiger partial charge is 0.465 e. The summed E-state index contributed by atoms with van der Waals surface area (Å²) >= 11 is 4.84. The van der Waals surface area contributed by atoms with Crippen LogP contribution in [0.15, 0.2) is 18.3 Å². The number of nitrogens with zero attached hydrogens (tertiary/aromatic N) is 2. The first kappa shape index (κ1) is 19.7. The number of amides is 2. The molecule has 0 saturated carbocycles. The summed E-state index contributed by atoms with van der Waals surface area (Å²) in [4.78, 5) is 28.7. The van der Waals surface area contributed by atoms with E-state index in [-0.39, 0.29) is 11.2 Å². The molecule has 26 heavy (non-hydrogen) atoms. The quantitative estimate of drug-likeness (QED) is 0.589. The van der Waals surface area contributed by atoms with Crippen molar-refractivity contribution in [3.63, 3.8) is 0 Å². The van der Waals surface area contributed by atoms with Gasteiger partial charge in [-0.3, -0.25) is 5.32 Å². The van der Waals surface area contributed by atoms with Crippen LogP contribution < -0.4 is 20.9 Å². The van der Waals surface area contributed by atoms with Gasteiger partial charge < -0.3 is 25.4 Å². The molecule has 10 heteroatoms. The van der Waals surface area contributed by atoms with Crippen LogP contribution in [-0.4, -0.2) is 52.1 Å². The SMILES string of the molecule is CC(C)(C)OC(=O)NC1CCN(c2ccc(NC(=S)NC(=O)O)nc2)C1. The van der Waals surface area contributed by atoms with Crippen molar-refractivity contribution < 1.29 is 19.4 Å². The van der Waals surface area contributed by atoms with Gasteiger partial charge in [-0.15, -0.1) is 0 Å². The Hall–Kier alpha value is -2.62. The van der Waals surface area contributed by atoms with E-state index in [1.165, 1.54) is 0 Å². The van der Waals surface area contributed by atoms with Crippen molar-refractivity contribution in [1.29, 1.82) is 0 Å². The van der Waals surface area contributed by atoms with Crippen LogP contribution in [0, 0.1) is 0 Å². The Morgan fingerprint density at radius 1 is 1.38 bits per heavy atom. The first-order valence-corrected chi connectivity index (χ1v) is 8.54. The Bertz CT molecular complexity index is 674. The summed E-state index contributed by atoms with van der Waals surface area (Å²) in [6.07, 6.45) is 0.828. The number of carbonyl (C=O) groups excluding carboxylic acids is 1. The number of carboxylic acid groups (broad SMARTS) is 1. The second kappa shape index (κ2) is 8.17. The average Bonchev–Trinajstić information content (AvgIpc) is 2.93. The van der Waals surface area contributed by atoms with Crippen molar-refractivity contribution in [3.8, 4) is 0 Å². The molecule has 1 aromatic heterocycles. The molecule has 2 rings (SSSR count). The normalized spacial score (nSPS) is 16.7. The maximum absolute atomic E-state index is 11.8. The number of nitrogens with one attached hydrogen (secondary N) is 3. The number of rotatable bonds is 3. The molecule has 0 spiro atoms. The molecule has 1 saturated heterocycles. The van der Waals surface area contributed by atoms with Crippen molar-refractivity contribution in [1.82, 2.24) is 15.6 Å². The zero-order valence-electron chi connectivity index (χ0n) is 14.9. The van der Waals surface area contributed by atoms with E-state index in [1.54, 1.807) is 12.3 Å². The van der Waals surface area contributed by atoms with E-state index >= 15 is 0 Å². The van der Waals surface area contributed by atoms with E-state index in [0.717, 1.165) is 18.7 Å². The van der Waals surface area contributed by atoms with Crippen LogP contribution in [-0.2, 0) is 4.74 Å². The highest BCUT2D eigenvalue weighted by atomic mass is 32.1. The van der Waals surface area contributed by atoms with E-state index < -0.39 is 17.8 Å². The summed E-state index contributed by atoms with van der Waals surface area (Å²) in [7, 11) is 0. The summed E-state index contributed by atoms with van der Waals surface area (Å²) in [6.45, 7) is 6.92. The summed E-state index contributed by atoms with van der Waals surface area (Å²) in [5.74, 6) is 0.440. The Balaban J connectivity index is 1.85. The summed E-state index contributed by atoms with van der Waals surface area (Å²) in [5.41, 5.74) is 0.381. The highest BCUT2D eigenvalue weighted by Crippen LogP contribution is 2.21. The maximum Gasteiger partial charge on any atom is 0.410 e. The van der Waals surface area contributed by atoms with E-state index in [0.29, 0.717) is 12.4 Å². The fourth-order valence-electron chi connectivity index (χ4n) is 2.48. The lowest BCUT2D eigenvalue weighted by molar-refractivity contribution is 0.0509. The second-order valence-corrected chi connectivity index (χ2v) is 7.27. The molecule has 1 aliphatic heterocycles. The number of aromatic nitrogens is 1. The lowest BCUT2D eigenvalue weighted by Crippen LogP contribution is -2.40. The molecule has 0 radical (unpaired) electrons. The van der Waals surface area contributed by atoms with Gasteiger partial charge >= 0.3 is 12.2 Å². The van der Waals surface area contributed by atoms with Gasteiger partial charge in [0.25, 0.3) is 0 Å². The number of pyridine rings is 1. The second-order valence-electron chi connectivity index (χ2n) is 6.86. The Morgan fingerprint density at radius 3 is 2.69 bits per heavy atom. The summed E-state index contributed by atoms with van der Waals surface area (Å²) in [5, 5.41) is 16.1. The highest BCUT2D eigenvalue weighted by Gasteiger charge is 2.26. The molecule has 142 valence electrons. The van der Waals surface area contributed by atoms with E-state index in [2.05, 4.69) is 20.5 Å². The number of carbonyl (C=O) groups is 2. The van der Waals surface area contributed by atoms with Gasteiger partial charge in [0, 0.05) is 13.1 Å². The molecular weight excluding hydrogens is 358 g/mol. The number of thiocarbonyl (C=S) groups is 1. The standard InChI is InChI=1S/C16H23N5O4S/c1-16(2,3)25-15(24)18-10-6-7-21(9-10)11-4-5-12(17-8-11)19-13(26)20-14(22)23/h4-5,8,10H,6-7,9H2,1-3H3,(H,18,24)(H,22,23)(H2,17,19,20,26). The molecular formula is C16H23N5O4S. The first-order valence-electron chi connectivity index (χ1n) is 8.14. The predicted octanol–water partition coefficient (Wildman–Crippen LogP) is 2.15. The highest BCUT2D eigenvalue weighted by molar-refractivity contribution is 7.80. The van der Waals surface area contributed by atoms with E-state index in [1.807, 2.05) is 32.2 Å². The van der Waals surface area contributed by atoms with Crippen LogP contribution in [0.3, 0.4) is 0 Å². The topological polar surface area (TPSA) is 116 Å². The van der Waals surface area contributed by atoms with Gasteiger partial charge in [-0.05, 0) is 51.5 Å². The third kappa shape index (κ3) is 6.36. The van der Waals surface area contributed by atoms with Gasteiger partial charge in [-0.1, -0.05) is 0 Å². The Kier molecular flexibility index (Phi) is 6.19. The minimum Gasteiger partial charge on any atom is -0.465 e. The molecule has 1 fully saturated rings. The number of hydrogen-bond acceptors (Lipinski definition) is 6. The van der Waals surface area contributed by atoms with Crippen LogP contribution in [0.25, 0.3) is 0 Å². The zero-order valence-corrected chi connectivity index (χ0v) is 15.7. The summed E-state index contributed by atoms with van der Waals surface area (Å²) < 4.78 is 5.27.